The maximum absolute atomic E-state index is 14.9. The summed E-state index contributed by atoms with van der Waals surface area (Å²) in [7, 11) is 1.76. The zero-order valence-corrected chi connectivity index (χ0v) is 18.7. The largest absolute Gasteiger partial charge is 0.480 e. The molecular formula is C26H21FN4O4. The summed E-state index contributed by atoms with van der Waals surface area (Å²) in [6.07, 6.45) is 1.16. The van der Waals surface area contributed by atoms with Crippen molar-refractivity contribution < 1.29 is 19.1 Å². The van der Waals surface area contributed by atoms with E-state index >= 15 is 0 Å². The second-order valence-electron chi connectivity index (χ2n) is 7.63. The molecule has 0 fully saturated rings. The van der Waals surface area contributed by atoms with Crippen molar-refractivity contribution in [3.05, 3.63) is 101 Å². The van der Waals surface area contributed by atoms with E-state index < -0.39 is 29.8 Å². The van der Waals surface area contributed by atoms with Crippen LogP contribution in [0.2, 0.25) is 0 Å². The fourth-order valence-electron chi connectivity index (χ4n) is 3.60. The third kappa shape index (κ3) is 5.09. The molecule has 1 amide bonds. The van der Waals surface area contributed by atoms with Gasteiger partial charge in [0.2, 0.25) is 0 Å². The number of aliphatic carboxylic acids is 1. The van der Waals surface area contributed by atoms with Crippen LogP contribution in [0.15, 0.2) is 83.8 Å². The van der Waals surface area contributed by atoms with Crippen LogP contribution in [-0.4, -0.2) is 33.6 Å². The number of carbonyl (C=O) groups is 2. The molecule has 4 rings (SSSR count). The number of aromatic nitrogens is 2. The van der Waals surface area contributed by atoms with E-state index in [1.165, 1.54) is 12.1 Å². The van der Waals surface area contributed by atoms with E-state index in [0.717, 1.165) is 22.5 Å². The van der Waals surface area contributed by atoms with E-state index in [1.54, 1.807) is 55.6 Å². The Hall–Kier alpha value is -4.79. The molecule has 0 aliphatic carbocycles. The molecule has 3 aromatic carbocycles. The number of carbonyl (C=O) groups excluding carboxylic acids is 1. The first kappa shape index (κ1) is 23.4. The normalized spacial score (nSPS) is 10.6. The van der Waals surface area contributed by atoms with Gasteiger partial charge in [-0.3, -0.25) is 19.0 Å². The van der Waals surface area contributed by atoms with Crippen molar-refractivity contribution in [2.45, 2.75) is 6.54 Å². The molecule has 8 nitrogen and oxygen atoms in total. The zero-order chi connectivity index (χ0) is 24.9. The number of nitrogens with zero attached hydrogens (tertiary/aromatic N) is 2. The number of rotatable bonds is 7. The molecule has 1 heterocycles. The quantitative estimate of drug-likeness (QED) is 0.373. The van der Waals surface area contributed by atoms with Crippen LogP contribution in [0, 0.1) is 5.82 Å². The van der Waals surface area contributed by atoms with Gasteiger partial charge in [0.05, 0.1) is 6.20 Å². The molecular weight excluding hydrogens is 451 g/mol. The topological polar surface area (TPSA) is 113 Å². The predicted octanol–water partition coefficient (Wildman–Crippen LogP) is 4.10. The average molecular weight is 472 g/mol. The number of hydrogen-bond donors (Lipinski definition) is 3. The molecule has 176 valence electrons. The van der Waals surface area contributed by atoms with Crippen molar-refractivity contribution in [1.82, 2.24) is 9.55 Å². The van der Waals surface area contributed by atoms with Gasteiger partial charge in [-0.05, 0) is 29.8 Å². The first-order valence-corrected chi connectivity index (χ1v) is 10.6. The van der Waals surface area contributed by atoms with Crippen LogP contribution >= 0.6 is 0 Å². The van der Waals surface area contributed by atoms with Gasteiger partial charge in [-0.15, -0.1) is 0 Å². The fourth-order valence-corrected chi connectivity index (χ4v) is 3.60. The SMILES string of the molecule is CNc1cccc(-c2ccc(C(=O)Nc3cnc(-c4ccccc4)n(CC(=O)O)c3=O)cc2F)c1. The summed E-state index contributed by atoms with van der Waals surface area (Å²) in [5.41, 5.74) is 1.34. The van der Waals surface area contributed by atoms with Crippen molar-refractivity contribution in [2.75, 3.05) is 17.7 Å². The second-order valence-corrected chi connectivity index (χ2v) is 7.63. The Morgan fingerprint density at radius 3 is 2.43 bits per heavy atom. The van der Waals surface area contributed by atoms with Crippen LogP contribution < -0.4 is 16.2 Å². The first-order valence-electron chi connectivity index (χ1n) is 10.6. The lowest BCUT2D eigenvalue weighted by Gasteiger charge is -2.13. The van der Waals surface area contributed by atoms with Crippen molar-refractivity contribution in [2.24, 2.45) is 0 Å². The second kappa shape index (κ2) is 10.0. The predicted molar refractivity (Wildman–Crippen MR) is 131 cm³/mol. The molecule has 4 aromatic rings. The first-order chi connectivity index (χ1) is 16.9. The number of halogens is 1. The third-order valence-corrected chi connectivity index (χ3v) is 5.31. The van der Waals surface area contributed by atoms with Gasteiger partial charge in [0.15, 0.2) is 0 Å². The molecule has 0 atom stereocenters. The van der Waals surface area contributed by atoms with Crippen molar-refractivity contribution in [3.8, 4) is 22.5 Å². The Morgan fingerprint density at radius 1 is 1.00 bits per heavy atom. The standard InChI is InChI=1S/C26H21FN4O4/c1-28-19-9-5-8-17(12-19)20-11-10-18(13-21(20)27)25(34)30-22-14-29-24(16-6-3-2-4-7-16)31(26(22)35)15-23(32)33/h2-14,28H,15H2,1H3,(H,30,34)(H,32,33). The highest BCUT2D eigenvalue weighted by Crippen LogP contribution is 2.26. The van der Waals surface area contributed by atoms with E-state index in [2.05, 4.69) is 15.6 Å². The summed E-state index contributed by atoms with van der Waals surface area (Å²) >= 11 is 0. The molecule has 0 aliphatic rings. The molecule has 0 unspecified atom stereocenters. The van der Waals surface area contributed by atoms with Crippen molar-refractivity contribution in [1.29, 1.82) is 0 Å². The molecule has 0 aliphatic heterocycles. The van der Waals surface area contributed by atoms with Crippen LogP contribution in [0.3, 0.4) is 0 Å². The summed E-state index contributed by atoms with van der Waals surface area (Å²) in [6.45, 7) is -0.644. The van der Waals surface area contributed by atoms with E-state index in [1.807, 2.05) is 6.07 Å². The fraction of sp³-hybridized carbons (Fsp3) is 0.0769. The summed E-state index contributed by atoms with van der Waals surface area (Å²) in [5, 5.41) is 14.7. The van der Waals surface area contributed by atoms with Gasteiger partial charge in [0, 0.05) is 29.4 Å². The van der Waals surface area contributed by atoms with E-state index in [4.69, 9.17) is 0 Å². The molecule has 3 N–H and O–H groups in total. The van der Waals surface area contributed by atoms with Gasteiger partial charge in [-0.2, -0.15) is 0 Å². The van der Waals surface area contributed by atoms with Crippen molar-refractivity contribution in [3.63, 3.8) is 0 Å². The average Bonchev–Trinajstić information content (AvgIpc) is 2.86. The number of carboxylic acids is 1. The molecule has 0 radical (unpaired) electrons. The highest BCUT2D eigenvalue weighted by molar-refractivity contribution is 6.04. The number of benzene rings is 3. The van der Waals surface area contributed by atoms with Gasteiger partial charge in [-0.25, -0.2) is 9.37 Å². The zero-order valence-electron chi connectivity index (χ0n) is 18.7. The summed E-state index contributed by atoms with van der Waals surface area (Å²) in [4.78, 5) is 41.3. The monoisotopic (exact) mass is 472 g/mol. The number of carboxylic acid groups (broad SMARTS) is 1. The minimum absolute atomic E-state index is 0.00709. The number of amides is 1. The minimum Gasteiger partial charge on any atom is -0.480 e. The van der Waals surface area contributed by atoms with Crippen LogP contribution in [0.25, 0.3) is 22.5 Å². The lowest BCUT2D eigenvalue weighted by Crippen LogP contribution is -2.30. The van der Waals surface area contributed by atoms with Gasteiger partial charge in [0.1, 0.15) is 23.9 Å². The number of anilines is 2. The number of nitrogens with one attached hydrogen (secondary N) is 2. The summed E-state index contributed by atoms with van der Waals surface area (Å²) < 4.78 is 15.8. The summed E-state index contributed by atoms with van der Waals surface area (Å²) in [6, 6.07) is 19.8. The lowest BCUT2D eigenvalue weighted by atomic mass is 10.0. The Morgan fingerprint density at radius 2 is 1.74 bits per heavy atom. The molecule has 1 aromatic heterocycles. The molecule has 35 heavy (non-hydrogen) atoms. The smallest absolute Gasteiger partial charge is 0.323 e. The Balaban J connectivity index is 1.64. The number of hydrogen-bond acceptors (Lipinski definition) is 5. The van der Waals surface area contributed by atoms with Gasteiger partial charge in [-0.1, -0.05) is 48.5 Å². The van der Waals surface area contributed by atoms with Crippen LogP contribution in [0.4, 0.5) is 15.8 Å². The van der Waals surface area contributed by atoms with Crippen LogP contribution in [0.5, 0.6) is 0 Å². The molecule has 9 heteroatoms. The van der Waals surface area contributed by atoms with E-state index in [-0.39, 0.29) is 17.1 Å². The van der Waals surface area contributed by atoms with Gasteiger partial charge >= 0.3 is 5.97 Å². The molecule has 0 saturated heterocycles. The molecule has 0 saturated carbocycles. The Kier molecular flexibility index (Phi) is 6.68. The molecule has 0 bridgehead atoms. The van der Waals surface area contributed by atoms with Crippen LogP contribution in [0.1, 0.15) is 10.4 Å². The lowest BCUT2D eigenvalue weighted by molar-refractivity contribution is -0.137. The molecule has 0 spiro atoms. The third-order valence-electron chi connectivity index (χ3n) is 5.31. The minimum atomic E-state index is -1.24. The maximum Gasteiger partial charge on any atom is 0.323 e. The summed E-state index contributed by atoms with van der Waals surface area (Å²) in [5.74, 6) is -2.43. The highest BCUT2D eigenvalue weighted by atomic mass is 19.1. The van der Waals surface area contributed by atoms with E-state index in [0.29, 0.717) is 16.7 Å². The van der Waals surface area contributed by atoms with Gasteiger partial charge in [0.25, 0.3) is 11.5 Å². The van der Waals surface area contributed by atoms with E-state index in [9.17, 15) is 23.9 Å². The Labute approximate surface area is 199 Å². The highest BCUT2D eigenvalue weighted by Gasteiger charge is 2.18. The van der Waals surface area contributed by atoms with Gasteiger partial charge < -0.3 is 15.7 Å². The maximum atomic E-state index is 14.9. The Bertz CT molecular complexity index is 1470. The van der Waals surface area contributed by atoms with Crippen molar-refractivity contribution >= 4 is 23.3 Å². The van der Waals surface area contributed by atoms with Crippen LogP contribution in [-0.2, 0) is 11.3 Å².